The molecule has 34 heavy (non-hydrogen) atoms. The lowest BCUT2D eigenvalue weighted by Gasteiger charge is -2.39. The number of hydrogen-bond donors (Lipinski definition) is 2. The number of alkyl halides is 3. The molecule has 9 heteroatoms. The molecule has 0 spiro atoms. The molecule has 1 aliphatic rings. The molecule has 0 saturated heterocycles. The van der Waals surface area contributed by atoms with Gasteiger partial charge in [0.2, 0.25) is 5.95 Å². The largest absolute Gasteiger partial charge is 0.573 e. The molecule has 3 aromatic rings. The number of aromatic nitrogens is 2. The molecule has 2 unspecified atom stereocenters. The van der Waals surface area contributed by atoms with Gasteiger partial charge < -0.3 is 19.7 Å². The molecule has 1 saturated carbocycles. The van der Waals surface area contributed by atoms with Crippen LogP contribution in [0.4, 0.5) is 24.8 Å². The Kier molecular flexibility index (Phi) is 6.47. The summed E-state index contributed by atoms with van der Waals surface area (Å²) in [6.07, 6.45) is -1.56. The molecule has 2 N–H and O–H groups in total. The number of rotatable bonds is 6. The van der Waals surface area contributed by atoms with E-state index < -0.39 is 12.3 Å². The first-order chi connectivity index (χ1) is 16.0. The second kappa shape index (κ2) is 9.19. The Labute approximate surface area is 195 Å². The maximum atomic E-state index is 12.5. The number of anilines is 2. The maximum Gasteiger partial charge on any atom is 0.573 e. The van der Waals surface area contributed by atoms with Crippen molar-refractivity contribution in [1.29, 1.82) is 0 Å². The number of nitrogens with zero attached hydrogens (tertiary/aromatic N) is 2. The van der Waals surface area contributed by atoms with Gasteiger partial charge in [0.1, 0.15) is 5.75 Å². The van der Waals surface area contributed by atoms with Crippen molar-refractivity contribution in [2.24, 2.45) is 17.8 Å². The van der Waals surface area contributed by atoms with Crippen LogP contribution in [0.25, 0.3) is 11.0 Å². The Bertz CT molecular complexity index is 1170. The number of hydrogen-bond acceptors (Lipinski definition) is 4. The fourth-order valence-electron chi connectivity index (χ4n) is 4.97. The van der Waals surface area contributed by atoms with Crippen molar-refractivity contribution in [2.45, 2.75) is 52.4 Å². The fourth-order valence-corrected chi connectivity index (χ4v) is 4.97. The van der Waals surface area contributed by atoms with Gasteiger partial charge in [0.25, 0.3) is 0 Å². The highest BCUT2D eigenvalue weighted by Crippen LogP contribution is 2.44. The number of benzene rings is 2. The number of fused-ring (bicyclic) bond motifs is 1. The number of nitrogens with one attached hydrogen (secondary N) is 1. The number of ether oxygens (including phenoxy) is 1. The Balaban J connectivity index is 1.76. The smallest absolute Gasteiger partial charge is 0.478 e. The van der Waals surface area contributed by atoms with Gasteiger partial charge in [-0.15, -0.1) is 13.2 Å². The fraction of sp³-hybridized carbons (Fsp3) is 0.440. The Morgan fingerprint density at radius 1 is 1.18 bits per heavy atom. The maximum absolute atomic E-state index is 12.5. The van der Waals surface area contributed by atoms with E-state index in [9.17, 15) is 23.1 Å². The van der Waals surface area contributed by atoms with Crippen LogP contribution in [0, 0.1) is 17.8 Å². The second-order valence-electron chi connectivity index (χ2n) is 9.40. The minimum atomic E-state index is -4.76. The molecule has 1 heterocycles. The number of carbonyl (C=O) groups is 1. The van der Waals surface area contributed by atoms with Crippen LogP contribution in [-0.4, -0.2) is 27.0 Å². The van der Waals surface area contributed by atoms with Crippen LogP contribution in [0.5, 0.6) is 5.75 Å². The Hall–Kier alpha value is -3.23. The predicted molar refractivity (Wildman–Crippen MR) is 123 cm³/mol. The first kappa shape index (κ1) is 23.9. The van der Waals surface area contributed by atoms with Crippen LogP contribution >= 0.6 is 0 Å². The summed E-state index contributed by atoms with van der Waals surface area (Å²) in [6.45, 7) is 6.65. The van der Waals surface area contributed by atoms with Crippen LogP contribution in [0.3, 0.4) is 0 Å². The summed E-state index contributed by atoms with van der Waals surface area (Å²) in [7, 11) is 0. The first-order valence-corrected chi connectivity index (χ1v) is 11.4. The van der Waals surface area contributed by atoms with Crippen LogP contribution in [0.1, 0.15) is 56.4 Å². The summed E-state index contributed by atoms with van der Waals surface area (Å²) in [5.74, 6) is 0.584. The zero-order valence-electron chi connectivity index (χ0n) is 19.3. The van der Waals surface area contributed by atoms with Crippen LogP contribution in [0.2, 0.25) is 0 Å². The molecule has 182 valence electrons. The standard InChI is InChI=1S/C25H28F3N3O3/c1-14(2)19-10-4-15(3)12-22(19)31-21-11-5-16(23(32)33)13-20(21)30-24(31)29-17-6-8-18(9-7-17)34-25(26,27)28/h5-9,11,13-15,19,22H,4,10,12H2,1-3H3,(H,29,30)(H,32,33)/t15?,19-,22?/m0/s1. The number of aromatic carboxylic acids is 1. The van der Waals surface area contributed by atoms with E-state index >= 15 is 0 Å². The monoisotopic (exact) mass is 475 g/mol. The molecular formula is C25H28F3N3O3. The van der Waals surface area contributed by atoms with Crippen molar-refractivity contribution in [1.82, 2.24) is 9.55 Å². The van der Waals surface area contributed by atoms with Crippen LogP contribution < -0.4 is 10.1 Å². The summed E-state index contributed by atoms with van der Waals surface area (Å²) in [5.41, 5.74) is 2.08. The van der Waals surface area contributed by atoms with Gasteiger partial charge >= 0.3 is 12.3 Å². The van der Waals surface area contributed by atoms with E-state index in [1.54, 1.807) is 18.2 Å². The minimum Gasteiger partial charge on any atom is -0.478 e. The molecular weight excluding hydrogens is 447 g/mol. The quantitative estimate of drug-likeness (QED) is 0.401. The lowest BCUT2D eigenvalue weighted by atomic mass is 9.74. The molecule has 1 fully saturated rings. The van der Waals surface area contributed by atoms with Gasteiger partial charge in [0.15, 0.2) is 0 Å². The van der Waals surface area contributed by atoms with Crippen molar-refractivity contribution in [3.05, 3.63) is 48.0 Å². The Morgan fingerprint density at radius 3 is 2.50 bits per heavy atom. The Morgan fingerprint density at radius 2 is 1.88 bits per heavy atom. The van der Waals surface area contributed by atoms with Gasteiger partial charge in [-0.05, 0) is 73.1 Å². The molecule has 6 nitrogen and oxygen atoms in total. The van der Waals surface area contributed by atoms with Crippen molar-refractivity contribution in [2.75, 3.05) is 5.32 Å². The molecule has 4 rings (SSSR count). The average molecular weight is 476 g/mol. The van der Waals surface area contributed by atoms with E-state index in [2.05, 4.69) is 35.4 Å². The second-order valence-corrected chi connectivity index (χ2v) is 9.40. The van der Waals surface area contributed by atoms with Gasteiger partial charge in [-0.25, -0.2) is 9.78 Å². The SMILES string of the molecule is CC1CC[C@@H](C(C)C)C(n2c(Nc3ccc(OC(F)(F)F)cc3)nc3cc(C(=O)O)ccc32)C1. The number of halogens is 3. The average Bonchev–Trinajstić information content (AvgIpc) is 3.10. The zero-order chi connectivity index (χ0) is 24.6. The van der Waals surface area contributed by atoms with Crippen molar-refractivity contribution in [3.8, 4) is 5.75 Å². The van der Waals surface area contributed by atoms with Crippen molar-refractivity contribution in [3.63, 3.8) is 0 Å². The first-order valence-electron chi connectivity index (χ1n) is 11.4. The molecule has 3 atom stereocenters. The zero-order valence-corrected chi connectivity index (χ0v) is 19.3. The summed E-state index contributed by atoms with van der Waals surface area (Å²) in [6, 6.07) is 10.5. The number of carboxylic acid groups (broad SMARTS) is 1. The van der Waals surface area contributed by atoms with Crippen molar-refractivity contribution >= 4 is 28.6 Å². The summed E-state index contributed by atoms with van der Waals surface area (Å²) in [5, 5.41) is 12.7. The van der Waals surface area contributed by atoms with Crippen LogP contribution in [0.15, 0.2) is 42.5 Å². The van der Waals surface area contributed by atoms with E-state index in [4.69, 9.17) is 4.98 Å². The third-order valence-electron chi connectivity index (χ3n) is 6.60. The lowest BCUT2D eigenvalue weighted by molar-refractivity contribution is -0.274. The summed E-state index contributed by atoms with van der Waals surface area (Å²) in [4.78, 5) is 16.2. The highest BCUT2D eigenvalue weighted by molar-refractivity contribution is 5.93. The van der Waals surface area contributed by atoms with E-state index in [-0.39, 0.29) is 17.4 Å². The molecule has 0 bridgehead atoms. The topological polar surface area (TPSA) is 76.4 Å². The van der Waals surface area contributed by atoms with E-state index in [1.165, 1.54) is 24.3 Å². The lowest BCUT2D eigenvalue weighted by Crippen LogP contribution is -2.30. The van der Waals surface area contributed by atoms with Gasteiger partial charge in [-0.3, -0.25) is 0 Å². The molecule has 0 amide bonds. The van der Waals surface area contributed by atoms with Gasteiger partial charge in [-0.1, -0.05) is 27.2 Å². The van der Waals surface area contributed by atoms with E-state index in [1.807, 2.05) is 0 Å². The normalized spacial score (nSPS) is 21.1. The number of carboxylic acids is 1. The highest BCUT2D eigenvalue weighted by atomic mass is 19.4. The van der Waals surface area contributed by atoms with Gasteiger partial charge in [0, 0.05) is 11.7 Å². The molecule has 0 radical (unpaired) electrons. The molecule has 0 aliphatic heterocycles. The minimum absolute atomic E-state index is 0.148. The van der Waals surface area contributed by atoms with Crippen molar-refractivity contribution < 1.29 is 27.8 Å². The predicted octanol–water partition coefficient (Wildman–Crippen LogP) is 7.01. The summed E-state index contributed by atoms with van der Waals surface area (Å²) < 4.78 is 43.6. The summed E-state index contributed by atoms with van der Waals surface area (Å²) >= 11 is 0. The van der Waals surface area contributed by atoms with E-state index in [0.717, 1.165) is 24.8 Å². The third kappa shape index (κ3) is 5.13. The van der Waals surface area contributed by atoms with Gasteiger partial charge in [0.05, 0.1) is 16.6 Å². The highest BCUT2D eigenvalue weighted by Gasteiger charge is 2.34. The van der Waals surface area contributed by atoms with Gasteiger partial charge in [-0.2, -0.15) is 0 Å². The number of imidazole rings is 1. The molecule has 1 aromatic heterocycles. The molecule has 2 aromatic carbocycles. The third-order valence-corrected chi connectivity index (χ3v) is 6.60. The van der Waals surface area contributed by atoms with E-state index in [0.29, 0.717) is 34.9 Å². The molecule has 1 aliphatic carbocycles. The van der Waals surface area contributed by atoms with Crippen LogP contribution in [-0.2, 0) is 0 Å².